The third-order valence-electron chi connectivity index (χ3n) is 4.35. The molecule has 0 aliphatic heterocycles. The van der Waals surface area contributed by atoms with Gasteiger partial charge in [0.15, 0.2) is 0 Å². The Labute approximate surface area is 168 Å². The van der Waals surface area contributed by atoms with E-state index in [9.17, 15) is 4.79 Å². The number of aryl methyl sites for hydroxylation is 2. The van der Waals surface area contributed by atoms with E-state index in [2.05, 4.69) is 20.6 Å². The molecule has 0 atom stereocenters. The molecule has 3 rings (SSSR count). The Morgan fingerprint density at radius 1 is 1.04 bits per heavy atom. The lowest BCUT2D eigenvalue weighted by molar-refractivity contribution is 0.102. The largest absolute Gasteiger partial charge is 0.495 e. The highest BCUT2D eigenvalue weighted by molar-refractivity contribution is 6.31. The second-order valence-corrected chi connectivity index (χ2v) is 6.79. The molecule has 0 spiro atoms. The smallest absolute Gasteiger partial charge is 0.274 e. The first kappa shape index (κ1) is 19.6. The summed E-state index contributed by atoms with van der Waals surface area (Å²) in [5.41, 5.74) is 3.79. The number of methoxy groups -OCH3 is 1. The van der Waals surface area contributed by atoms with Crippen LogP contribution < -0.4 is 15.4 Å². The monoisotopic (exact) mass is 396 g/mol. The highest BCUT2D eigenvalue weighted by atomic mass is 35.5. The summed E-state index contributed by atoms with van der Waals surface area (Å²) in [6.07, 6.45) is 0. The van der Waals surface area contributed by atoms with E-state index in [0.29, 0.717) is 28.1 Å². The zero-order valence-corrected chi connectivity index (χ0v) is 16.9. The van der Waals surface area contributed by atoms with Gasteiger partial charge in [0.05, 0.1) is 12.8 Å². The maximum Gasteiger partial charge on any atom is 0.274 e. The number of carbonyl (C=O) groups excluding carboxylic acids is 1. The summed E-state index contributed by atoms with van der Waals surface area (Å²) >= 11 is 6.08. The molecule has 0 saturated carbocycles. The molecular weight excluding hydrogens is 376 g/mol. The van der Waals surface area contributed by atoms with E-state index < -0.39 is 0 Å². The van der Waals surface area contributed by atoms with Gasteiger partial charge in [-0.3, -0.25) is 4.79 Å². The molecule has 1 heterocycles. The average molecular weight is 397 g/mol. The minimum absolute atomic E-state index is 0.261. The number of benzene rings is 2. The van der Waals surface area contributed by atoms with Gasteiger partial charge in [0.25, 0.3) is 5.91 Å². The Hall–Kier alpha value is -3.12. The van der Waals surface area contributed by atoms with Crippen LogP contribution >= 0.6 is 11.6 Å². The number of hydrogen-bond acceptors (Lipinski definition) is 5. The fraction of sp³-hybridized carbons (Fsp3) is 0.190. The second-order valence-electron chi connectivity index (χ2n) is 6.36. The van der Waals surface area contributed by atoms with Crippen LogP contribution in [0.4, 0.5) is 17.2 Å². The minimum atomic E-state index is -0.305. The quantitative estimate of drug-likeness (QED) is 0.630. The molecule has 0 unspecified atom stereocenters. The molecule has 0 radical (unpaired) electrons. The molecular formula is C21H21ClN4O2. The van der Waals surface area contributed by atoms with Crippen LogP contribution in [-0.4, -0.2) is 23.0 Å². The molecule has 28 heavy (non-hydrogen) atoms. The summed E-state index contributed by atoms with van der Waals surface area (Å²) < 4.78 is 5.34. The third kappa shape index (κ3) is 4.40. The fourth-order valence-corrected chi connectivity index (χ4v) is 2.91. The van der Waals surface area contributed by atoms with Crippen molar-refractivity contribution in [2.45, 2.75) is 20.8 Å². The average Bonchev–Trinajstić information content (AvgIpc) is 2.65. The number of halogens is 1. The van der Waals surface area contributed by atoms with Gasteiger partial charge in [-0.05, 0) is 56.2 Å². The van der Waals surface area contributed by atoms with Crippen molar-refractivity contribution < 1.29 is 9.53 Å². The van der Waals surface area contributed by atoms with Gasteiger partial charge in [0.2, 0.25) is 0 Å². The lowest BCUT2D eigenvalue weighted by Gasteiger charge is -2.13. The zero-order chi connectivity index (χ0) is 20.3. The molecule has 144 valence electrons. The highest BCUT2D eigenvalue weighted by Crippen LogP contribution is 2.30. The van der Waals surface area contributed by atoms with E-state index in [4.69, 9.17) is 16.3 Å². The SMILES string of the molecule is COc1ccc(Cl)cc1Nc1cc(C(=O)Nc2cccc(C)c2C)nc(C)n1. The molecule has 3 aromatic rings. The Bertz CT molecular complexity index is 1040. The fourth-order valence-electron chi connectivity index (χ4n) is 2.74. The first-order chi connectivity index (χ1) is 13.4. The van der Waals surface area contributed by atoms with Gasteiger partial charge < -0.3 is 15.4 Å². The molecule has 7 heteroatoms. The van der Waals surface area contributed by atoms with Crippen LogP contribution in [0.15, 0.2) is 42.5 Å². The van der Waals surface area contributed by atoms with E-state index in [0.717, 1.165) is 16.8 Å². The van der Waals surface area contributed by atoms with Gasteiger partial charge in [-0.1, -0.05) is 23.7 Å². The van der Waals surface area contributed by atoms with Gasteiger partial charge in [-0.15, -0.1) is 0 Å². The van der Waals surface area contributed by atoms with E-state index in [1.165, 1.54) is 0 Å². The number of nitrogens with one attached hydrogen (secondary N) is 2. The van der Waals surface area contributed by atoms with E-state index in [1.54, 1.807) is 38.3 Å². The maximum absolute atomic E-state index is 12.7. The van der Waals surface area contributed by atoms with Crippen LogP contribution in [0.5, 0.6) is 5.75 Å². The Kier molecular flexibility index (Phi) is 5.80. The number of nitrogens with zero attached hydrogens (tertiary/aromatic N) is 2. The van der Waals surface area contributed by atoms with E-state index in [1.807, 2.05) is 32.0 Å². The summed E-state index contributed by atoms with van der Waals surface area (Å²) in [7, 11) is 1.57. The Morgan fingerprint density at radius 2 is 1.82 bits per heavy atom. The first-order valence-corrected chi connectivity index (χ1v) is 9.09. The Morgan fingerprint density at radius 3 is 2.57 bits per heavy atom. The third-order valence-corrected chi connectivity index (χ3v) is 4.58. The van der Waals surface area contributed by atoms with Gasteiger partial charge >= 0.3 is 0 Å². The summed E-state index contributed by atoms with van der Waals surface area (Å²) in [5, 5.41) is 6.62. The number of rotatable bonds is 5. The van der Waals surface area contributed by atoms with E-state index in [-0.39, 0.29) is 11.6 Å². The number of anilines is 3. The molecule has 0 bridgehead atoms. The minimum Gasteiger partial charge on any atom is -0.495 e. The number of ether oxygens (including phenoxy) is 1. The van der Waals surface area contributed by atoms with Crippen molar-refractivity contribution in [1.29, 1.82) is 0 Å². The summed E-state index contributed by atoms with van der Waals surface area (Å²) in [6, 6.07) is 12.6. The predicted molar refractivity (Wildman–Crippen MR) is 112 cm³/mol. The molecule has 1 aromatic heterocycles. The molecule has 0 aliphatic rings. The standard InChI is InChI=1S/C21H21ClN4O2/c1-12-6-5-7-16(13(12)2)26-21(27)18-11-20(24-14(3)23-18)25-17-10-15(22)8-9-19(17)28-4/h5-11H,1-4H3,(H,26,27)(H,23,24,25). The van der Waals surface area contributed by atoms with Gasteiger partial charge in [0, 0.05) is 16.8 Å². The number of amides is 1. The molecule has 0 fully saturated rings. The topological polar surface area (TPSA) is 76.1 Å². The first-order valence-electron chi connectivity index (χ1n) is 8.71. The maximum atomic E-state index is 12.7. The lowest BCUT2D eigenvalue weighted by atomic mass is 10.1. The normalized spacial score (nSPS) is 10.5. The van der Waals surface area contributed by atoms with Crippen molar-refractivity contribution in [3.05, 3.63) is 70.1 Å². The van der Waals surface area contributed by atoms with Crippen LogP contribution in [0.1, 0.15) is 27.4 Å². The molecule has 6 nitrogen and oxygen atoms in total. The molecule has 2 aromatic carbocycles. The van der Waals surface area contributed by atoms with Crippen molar-refractivity contribution in [1.82, 2.24) is 9.97 Å². The van der Waals surface area contributed by atoms with Gasteiger partial charge in [-0.2, -0.15) is 0 Å². The molecule has 0 aliphatic carbocycles. The van der Waals surface area contributed by atoms with Gasteiger partial charge in [-0.25, -0.2) is 9.97 Å². The van der Waals surface area contributed by atoms with Crippen LogP contribution in [0.3, 0.4) is 0 Å². The summed E-state index contributed by atoms with van der Waals surface area (Å²) in [4.78, 5) is 21.4. The van der Waals surface area contributed by atoms with Crippen LogP contribution in [0.25, 0.3) is 0 Å². The summed E-state index contributed by atoms with van der Waals surface area (Å²) in [6.45, 7) is 5.70. The summed E-state index contributed by atoms with van der Waals surface area (Å²) in [5.74, 6) is 1.25. The van der Waals surface area contributed by atoms with Crippen molar-refractivity contribution in [2.24, 2.45) is 0 Å². The zero-order valence-electron chi connectivity index (χ0n) is 16.1. The number of hydrogen-bond donors (Lipinski definition) is 2. The predicted octanol–water partition coefficient (Wildman–Crippen LogP) is 5.06. The van der Waals surface area contributed by atoms with Crippen molar-refractivity contribution in [3.63, 3.8) is 0 Å². The van der Waals surface area contributed by atoms with Gasteiger partial charge in [0.1, 0.15) is 23.1 Å². The van der Waals surface area contributed by atoms with Crippen LogP contribution in [0.2, 0.25) is 5.02 Å². The van der Waals surface area contributed by atoms with E-state index >= 15 is 0 Å². The van der Waals surface area contributed by atoms with Crippen molar-refractivity contribution in [2.75, 3.05) is 17.7 Å². The molecule has 2 N–H and O–H groups in total. The highest BCUT2D eigenvalue weighted by Gasteiger charge is 2.14. The van der Waals surface area contributed by atoms with Crippen molar-refractivity contribution >= 4 is 34.7 Å². The van der Waals surface area contributed by atoms with Crippen LogP contribution in [0, 0.1) is 20.8 Å². The number of carbonyl (C=O) groups is 1. The second kappa shape index (κ2) is 8.27. The Balaban J connectivity index is 1.88. The lowest BCUT2D eigenvalue weighted by Crippen LogP contribution is -2.16. The molecule has 1 amide bonds. The van der Waals surface area contributed by atoms with Crippen LogP contribution in [-0.2, 0) is 0 Å². The number of aromatic nitrogens is 2. The van der Waals surface area contributed by atoms with Crippen molar-refractivity contribution in [3.8, 4) is 5.75 Å². The molecule has 0 saturated heterocycles.